The quantitative estimate of drug-likeness (QED) is 0.803. The number of carbonyl (C=O) groups is 2. The van der Waals surface area contributed by atoms with E-state index in [4.69, 9.17) is 5.11 Å². The van der Waals surface area contributed by atoms with Gasteiger partial charge in [-0.2, -0.15) is 0 Å². The van der Waals surface area contributed by atoms with Gasteiger partial charge in [0, 0.05) is 6.54 Å². The molecule has 0 saturated carbocycles. The molecule has 26 heavy (non-hydrogen) atoms. The molecule has 132 valence electrons. The molecular formula is C19H16N2O4S. The largest absolute Gasteiger partial charge is 0.508 e. The summed E-state index contributed by atoms with van der Waals surface area (Å²) in [5, 5.41) is 19.1. The van der Waals surface area contributed by atoms with Crippen molar-refractivity contribution >= 4 is 40.6 Å². The monoisotopic (exact) mass is 368 g/mol. The van der Waals surface area contributed by atoms with E-state index in [0.29, 0.717) is 27.9 Å². The van der Waals surface area contributed by atoms with Crippen molar-refractivity contribution in [1.82, 2.24) is 4.90 Å². The molecule has 0 aliphatic carbocycles. The van der Waals surface area contributed by atoms with Crippen LogP contribution in [0.5, 0.6) is 5.75 Å². The van der Waals surface area contributed by atoms with Gasteiger partial charge in [0.1, 0.15) is 5.75 Å². The highest BCUT2D eigenvalue weighted by Gasteiger charge is 2.32. The van der Waals surface area contributed by atoms with Gasteiger partial charge in [-0.05, 0) is 60.7 Å². The summed E-state index contributed by atoms with van der Waals surface area (Å²) in [7, 11) is 0. The van der Waals surface area contributed by atoms with Crippen LogP contribution in [-0.2, 0) is 4.79 Å². The molecule has 0 atom stereocenters. The number of thioether (sulfide) groups is 1. The summed E-state index contributed by atoms with van der Waals surface area (Å²) >= 11 is 1.22. The first-order valence-corrected chi connectivity index (χ1v) is 8.72. The number of amides is 1. The van der Waals surface area contributed by atoms with Crippen LogP contribution >= 0.6 is 11.8 Å². The van der Waals surface area contributed by atoms with Gasteiger partial charge in [-0.25, -0.2) is 9.79 Å². The Balaban J connectivity index is 1.94. The maximum atomic E-state index is 12.6. The van der Waals surface area contributed by atoms with E-state index < -0.39 is 5.97 Å². The normalized spacial score (nSPS) is 17.3. The van der Waals surface area contributed by atoms with Crippen LogP contribution in [0.2, 0.25) is 0 Å². The number of hydrogen-bond donors (Lipinski definition) is 2. The fourth-order valence-corrected chi connectivity index (χ4v) is 3.52. The summed E-state index contributed by atoms with van der Waals surface area (Å²) < 4.78 is 0. The Kier molecular flexibility index (Phi) is 5.09. The summed E-state index contributed by atoms with van der Waals surface area (Å²) in [6, 6.07) is 12.9. The summed E-state index contributed by atoms with van der Waals surface area (Å²) in [6.07, 6.45) is 1.70. The number of phenols is 1. The zero-order valence-corrected chi connectivity index (χ0v) is 14.7. The number of carbonyl (C=O) groups excluding carboxylic acids is 1. The topological polar surface area (TPSA) is 90.2 Å². The molecule has 6 nitrogen and oxygen atoms in total. The number of aliphatic imine (C=N–C) groups is 1. The minimum atomic E-state index is -1.03. The van der Waals surface area contributed by atoms with Gasteiger partial charge in [0.2, 0.25) is 0 Å². The van der Waals surface area contributed by atoms with Crippen LogP contribution in [0.1, 0.15) is 22.8 Å². The molecule has 0 spiro atoms. The van der Waals surface area contributed by atoms with Crippen LogP contribution in [0.4, 0.5) is 5.69 Å². The summed E-state index contributed by atoms with van der Waals surface area (Å²) in [6.45, 7) is 2.29. The predicted octanol–water partition coefficient (Wildman–Crippen LogP) is 3.71. The lowest BCUT2D eigenvalue weighted by Crippen LogP contribution is -2.28. The fourth-order valence-electron chi connectivity index (χ4n) is 2.46. The number of nitrogens with zero attached hydrogens (tertiary/aromatic N) is 2. The van der Waals surface area contributed by atoms with E-state index >= 15 is 0 Å². The highest BCUT2D eigenvalue weighted by Crippen LogP contribution is 2.34. The molecule has 1 aliphatic heterocycles. The SMILES string of the molecule is CCN1C(=O)/C(=C\c2cccc(O)c2)SC1=Nc1cccc(C(=O)O)c1. The first kappa shape index (κ1) is 17.8. The zero-order chi connectivity index (χ0) is 18.7. The molecule has 1 aliphatic rings. The minimum absolute atomic E-state index is 0.126. The highest BCUT2D eigenvalue weighted by atomic mass is 32.2. The number of hydrogen-bond acceptors (Lipinski definition) is 5. The number of benzene rings is 2. The number of aromatic hydroxyl groups is 1. The highest BCUT2D eigenvalue weighted by molar-refractivity contribution is 8.18. The molecule has 1 heterocycles. The average Bonchev–Trinajstić information content (AvgIpc) is 2.89. The average molecular weight is 368 g/mol. The Labute approximate surface area is 154 Å². The molecule has 2 aromatic carbocycles. The first-order chi connectivity index (χ1) is 12.5. The van der Waals surface area contributed by atoms with E-state index in [2.05, 4.69) is 4.99 Å². The van der Waals surface area contributed by atoms with Gasteiger partial charge < -0.3 is 10.2 Å². The molecule has 1 amide bonds. The van der Waals surface area contributed by atoms with Crippen LogP contribution in [0.15, 0.2) is 58.4 Å². The van der Waals surface area contributed by atoms with Crippen LogP contribution in [0, 0.1) is 0 Å². The van der Waals surface area contributed by atoms with E-state index in [0.717, 1.165) is 0 Å². The first-order valence-electron chi connectivity index (χ1n) is 7.90. The van der Waals surface area contributed by atoms with Crippen LogP contribution in [-0.4, -0.2) is 38.7 Å². The van der Waals surface area contributed by atoms with Gasteiger partial charge in [0.25, 0.3) is 5.91 Å². The number of likely N-dealkylation sites (N-methyl/N-ethyl adjacent to an activating group) is 1. The lowest BCUT2D eigenvalue weighted by molar-refractivity contribution is -0.122. The van der Waals surface area contributed by atoms with E-state index in [-0.39, 0.29) is 17.2 Å². The van der Waals surface area contributed by atoms with Gasteiger partial charge in [-0.1, -0.05) is 18.2 Å². The maximum absolute atomic E-state index is 12.6. The van der Waals surface area contributed by atoms with Crippen LogP contribution in [0.3, 0.4) is 0 Å². The summed E-state index contributed by atoms with van der Waals surface area (Å²) in [5.74, 6) is -1.07. The van der Waals surface area contributed by atoms with Crippen molar-refractivity contribution in [1.29, 1.82) is 0 Å². The second kappa shape index (κ2) is 7.45. The fraction of sp³-hybridized carbons (Fsp3) is 0.105. The zero-order valence-electron chi connectivity index (χ0n) is 13.9. The molecule has 7 heteroatoms. The maximum Gasteiger partial charge on any atom is 0.335 e. The standard InChI is InChI=1S/C19H16N2O4S/c1-2-21-17(23)16(10-12-5-3-8-15(22)9-12)26-19(21)20-14-7-4-6-13(11-14)18(24)25/h3-11,22H,2H2,1H3,(H,24,25)/b16-10+,20-19?. The number of aromatic carboxylic acids is 1. The molecule has 1 saturated heterocycles. The van der Waals surface area contributed by atoms with Crippen molar-refractivity contribution in [3.63, 3.8) is 0 Å². The number of phenolic OH excluding ortho intramolecular Hbond substituents is 1. The second-order valence-electron chi connectivity index (χ2n) is 5.50. The van der Waals surface area contributed by atoms with Crippen molar-refractivity contribution in [3.8, 4) is 5.75 Å². The molecule has 0 radical (unpaired) electrons. The molecule has 0 bridgehead atoms. The van der Waals surface area contributed by atoms with E-state index in [1.54, 1.807) is 42.5 Å². The Morgan fingerprint density at radius 2 is 2.00 bits per heavy atom. The lowest BCUT2D eigenvalue weighted by atomic mass is 10.2. The summed E-state index contributed by atoms with van der Waals surface area (Å²) in [5.41, 5.74) is 1.32. The van der Waals surface area contributed by atoms with Crippen molar-refractivity contribution in [2.75, 3.05) is 6.54 Å². The van der Waals surface area contributed by atoms with E-state index in [1.807, 2.05) is 6.92 Å². The number of amidine groups is 1. The number of rotatable bonds is 4. The third-order valence-electron chi connectivity index (χ3n) is 3.69. The van der Waals surface area contributed by atoms with Gasteiger partial charge in [-0.3, -0.25) is 9.69 Å². The molecule has 2 N–H and O–H groups in total. The Hall–Kier alpha value is -3.06. The van der Waals surface area contributed by atoms with Crippen molar-refractivity contribution in [2.24, 2.45) is 4.99 Å². The van der Waals surface area contributed by atoms with Crippen molar-refractivity contribution < 1.29 is 19.8 Å². The molecule has 0 unspecified atom stereocenters. The van der Waals surface area contributed by atoms with Crippen molar-refractivity contribution in [2.45, 2.75) is 6.92 Å². The summed E-state index contributed by atoms with van der Waals surface area (Å²) in [4.78, 5) is 30.2. The van der Waals surface area contributed by atoms with E-state index in [9.17, 15) is 14.7 Å². The predicted molar refractivity (Wildman–Crippen MR) is 102 cm³/mol. The van der Waals surface area contributed by atoms with Crippen molar-refractivity contribution in [3.05, 3.63) is 64.6 Å². The Morgan fingerprint density at radius 1 is 1.23 bits per heavy atom. The van der Waals surface area contributed by atoms with Gasteiger partial charge >= 0.3 is 5.97 Å². The Morgan fingerprint density at radius 3 is 2.69 bits per heavy atom. The molecule has 2 aromatic rings. The molecule has 1 fully saturated rings. The molecule has 0 aromatic heterocycles. The van der Waals surface area contributed by atoms with Gasteiger partial charge in [-0.15, -0.1) is 0 Å². The third kappa shape index (κ3) is 3.78. The second-order valence-corrected chi connectivity index (χ2v) is 6.51. The van der Waals surface area contributed by atoms with Crippen LogP contribution < -0.4 is 0 Å². The third-order valence-corrected chi connectivity index (χ3v) is 4.70. The minimum Gasteiger partial charge on any atom is -0.508 e. The van der Waals surface area contributed by atoms with Gasteiger partial charge in [0.15, 0.2) is 5.17 Å². The number of carboxylic acids is 1. The lowest BCUT2D eigenvalue weighted by Gasteiger charge is -2.12. The molecule has 3 rings (SSSR count). The van der Waals surface area contributed by atoms with E-state index in [1.165, 1.54) is 28.8 Å². The van der Waals surface area contributed by atoms with Gasteiger partial charge in [0.05, 0.1) is 16.2 Å². The molecular weight excluding hydrogens is 352 g/mol. The smallest absolute Gasteiger partial charge is 0.335 e. The number of carboxylic acid groups (broad SMARTS) is 1. The van der Waals surface area contributed by atoms with Crippen LogP contribution in [0.25, 0.3) is 6.08 Å². The Bertz CT molecular complexity index is 937.